The molecule has 0 radical (unpaired) electrons. The van der Waals surface area contributed by atoms with E-state index in [9.17, 15) is 4.79 Å². The van der Waals surface area contributed by atoms with Crippen molar-refractivity contribution < 1.29 is 9.32 Å². The number of nitrogens with zero attached hydrogens (tertiary/aromatic N) is 2. The highest BCUT2D eigenvalue weighted by Crippen LogP contribution is 2.40. The number of likely N-dealkylation sites (tertiary alicyclic amines) is 1. The summed E-state index contributed by atoms with van der Waals surface area (Å²) in [5.74, 6) is 1.17. The summed E-state index contributed by atoms with van der Waals surface area (Å²) in [6.45, 7) is 2.64. The Morgan fingerprint density at radius 2 is 2.22 bits per heavy atom. The molecule has 0 spiro atoms. The molecule has 3 aromatic rings. The second-order valence-electron chi connectivity index (χ2n) is 7.59. The number of aromatic nitrogens is 2. The third kappa shape index (κ3) is 3.47. The van der Waals surface area contributed by atoms with Gasteiger partial charge in [0.25, 0.3) is 5.91 Å². The van der Waals surface area contributed by atoms with Crippen LogP contribution in [-0.2, 0) is 6.54 Å². The van der Waals surface area contributed by atoms with Gasteiger partial charge in [0, 0.05) is 59.8 Å². The molecule has 5 rings (SSSR count). The quantitative estimate of drug-likeness (QED) is 0.703. The lowest BCUT2D eigenvalue weighted by Crippen LogP contribution is -2.37. The largest absolute Gasteiger partial charge is 0.361 e. The van der Waals surface area contributed by atoms with Crippen molar-refractivity contribution in [1.82, 2.24) is 20.4 Å². The lowest BCUT2D eigenvalue weighted by molar-refractivity contribution is 0.0928. The van der Waals surface area contributed by atoms with Gasteiger partial charge in [0.15, 0.2) is 5.69 Å². The van der Waals surface area contributed by atoms with Gasteiger partial charge in [0.1, 0.15) is 5.76 Å². The van der Waals surface area contributed by atoms with Crippen molar-refractivity contribution in [2.45, 2.75) is 37.8 Å². The predicted molar refractivity (Wildman–Crippen MR) is 103 cm³/mol. The number of carbonyl (C=O) groups excluding carboxylic acids is 1. The number of fused-ring (bicyclic) bond motifs is 1. The first-order chi connectivity index (χ1) is 13.2. The highest BCUT2D eigenvalue weighted by molar-refractivity contribution is 6.31. The van der Waals surface area contributed by atoms with E-state index < -0.39 is 0 Å². The van der Waals surface area contributed by atoms with E-state index in [-0.39, 0.29) is 11.9 Å². The number of hydrogen-bond donors (Lipinski definition) is 2. The van der Waals surface area contributed by atoms with Crippen LogP contribution in [0.5, 0.6) is 0 Å². The van der Waals surface area contributed by atoms with Crippen LogP contribution in [0.25, 0.3) is 10.9 Å². The van der Waals surface area contributed by atoms with E-state index in [4.69, 9.17) is 16.1 Å². The molecule has 1 atom stereocenters. The molecule has 6 nitrogen and oxygen atoms in total. The van der Waals surface area contributed by atoms with Crippen LogP contribution >= 0.6 is 11.6 Å². The van der Waals surface area contributed by atoms with Gasteiger partial charge in [-0.3, -0.25) is 9.69 Å². The van der Waals surface area contributed by atoms with Gasteiger partial charge in [-0.05, 0) is 37.0 Å². The Kier molecular flexibility index (Phi) is 4.17. The van der Waals surface area contributed by atoms with Gasteiger partial charge in [0.05, 0.1) is 0 Å². The smallest absolute Gasteiger partial charge is 0.273 e. The number of carbonyl (C=O) groups is 1. The van der Waals surface area contributed by atoms with Crippen LogP contribution in [0.3, 0.4) is 0 Å². The number of amides is 1. The van der Waals surface area contributed by atoms with Crippen molar-refractivity contribution >= 4 is 28.4 Å². The first kappa shape index (κ1) is 16.8. The molecule has 27 heavy (non-hydrogen) atoms. The van der Waals surface area contributed by atoms with Crippen LogP contribution in [0.2, 0.25) is 5.02 Å². The lowest BCUT2D eigenvalue weighted by Gasteiger charge is -2.16. The van der Waals surface area contributed by atoms with E-state index in [2.05, 4.69) is 26.4 Å². The maximum Gasteiger partial charge on any atom is 0.273 e. The minimum atomic E-state index is -0.140. The van der Waals surface area contributed by atoms with E-state index in [1.807, 2.05) is 18.3 Å². The van der Waals surface area contributed by atoms with Gasteiger partial charge >= 0.3 is 0 Å². The summed E-state index contributed by atoms with van der Waals surface area (Å²) < 4.78 is 5.28. The van der Waals surface area contributed by atoms with Crippen molar-refractivity contribution in [1.29, 1.82) is 0 Å². The number of aromatic amines is 1. The minimum Gasteiger partial charge on any atom is -0.361 e. The van der Waals surface area contributed by atoms with Crippen molar-refractivity contribution in [3.63, 3.8) is 0 Å². The fourth-order valence-electron chi connectivity index (χ4n) is 3.84. The average Bonchev–Trinajstić information content (AvgIpc) is 3.06. The highest BCUT2D eigenvalue weighted by atomic mass is 35.5. The van der Waals surface area contributed by atoms with Crippen molar-refractivity contribution in [2.75, 3.05) is 13.1 Å². The van der Waals surface area contributed by atoms with Gasteiger partial charge in [-0.2, -0.15) is 0 Å². The van der Waals surface area contributed by atoms with Crippen LogP contribution < -0.4 is 5.32 Å². The summed E-state index contributed by atoms with van der Waals surface area (Å²) in [6, 6.07) is 7.85. The Balaban J connectivity index is 1.20. The average molecular weight is 385 g/mol. The van der Waals surface area contributed by atoms with Crippen LogP contribution in [0.15, 0.2) is 35.0 Å². The summed E-state index contributed by atoms with van der Waals surface area (Å²) in [6.07, 6.45) is 5.25. The van der Waals surface area contributed by atoms with E-state index in [1.54, 1.807) is 6.07 Å². The second kappa shape index (κ2) is 6.69. The summed E-state index contributed by atoms with van der Waals surface area (Å²) in [5.41, 5.74) is 2.70. The molecule has 1 aliphatic carbocycles. The van der Waals surface area contributed by atoms with Gasteiger partial charge in [-0.1, -0.05) is 22.8 Å². The third-order valence-electron chi connectivity index (χ3n) is 5.47. The van der Waals surface area contributed by atoms with Crippen LogP contribution in [0.1, 0.15) is 47.0 Å². The normalized spacial score (nSPS) is 20.4. The van der Waals surface area contributed by atoms with Gasteiger partial charge in [-0.25, -0.2) is 0 Å². The number of hydrogen-bond acceptors (Lipinski definition) is 4. The Bertz CT molecular complexity index is 991. The molecule has 1 unspecified atom stereocenters. The van der Waals surface area contributed by atoms with Gasteiger partial charge in [-0.15, -0.1) is 0 Å². The van der Waals surface area contributed by atoms with Crippen molar-refractivity contribution in [3.8, 4) is 0 Å². The predicted octanol–water partition coefficient (Wildman–Crippen LogP) is 3.69. The Morgan fingerprint density at radius 3 is 3.07 bits per heavy atom. The molecule has 0 bridgehead atoms. The summed E-state index contributed by atoms with van der Waals surface area (Å²) >= 11 is 6.06. The molecule has 140 valence electrons. The number of rotatable bonds is 5. The topological polar surface area (TPSA) is 74.2 Å². The first-order valence-electron chi connectivity index (χ1n) is 9.41. The van der Waals surface area contributed by atoms with E-state index >= 15 is 0 Å². The maximum atomic E-state index is 12.4. The van der Waals surface area contributed by atoms with Crippen molar-refractivity contribution in [2.24, 2.45) is 0 Å². The second-order valence-corrected chi connectivity index (χ2v) is 8.02. The Hall–Kier alpha value is -2.31. The fraction of sp³-hybridized carbons (Fsp3) is 0.400. The van der Waals surface area contributed by atoms with E-state index in [0.717, 1.165) is 55.2 Å². The molecule has 3 heterocycles. The number of benzene rings is 1. The SMILES string of the molecule is O=C(NC1CCN(Cc2c[nH]c3cc(Cl)ccc23)C1)c1cc(C2CC2)on1. The van der Waals surface area contributed by atoms with Crippen LogP contribution in [-0.4, -0.2) is 40.1 Å². The maximum absolute atomic E-state index is 12.4. The number of nitrogens with one attached hydrogen (secondary N) is 2. The fourth-order valence-corrected chi connectivity index (χ4v) is 4.01. The van der Waals surface area contributed by atoms with Gasteiger partial charge in [0.2, 0.25) is 0 Å². The summed E-state index contributed by atoms with van der Waals surface area (Å²) in [5, 5.41) is 8.95. The Labute approximate surface area is 161 Å². The highest BCUT2D eigenvalue weighted by Gasteiger charge is 2.30. The molecule has 2 aromatic heterocycles. The van der Waals surface area contributed by atoms with E-state index in [0.29, 0.717) is 11.6 Å². The summed E-state index contributed by atoms with van der Waals surface area (Å²) in [7, 11) is 0. The van der Waals surface area contributed by atoms with Crippen LogP contribution in [0, 0.1) is 0 Å². The first-order valence-corrected chi connectivity index (χ1v) is 9.79. The minimum absolute atomic E-state index is 0.137. The van der Waals surface area contributed by atoms with Crippen LogP contribution in [0.4, 0.5) is 0 Å². The van der Waals surface area contributed by atoms with Gasteiger partial charge < -0.3 is 14.8 Å². The zero-order chi connectivity index (χ0) is 18.4. The molecule has 1 saturated heterocycles. The third-order valence-corrected chi connectivity index (χ3v) is 5.71. The molecule has 1 amide bonds. The zero-order valence-corrected chi connectivity index (χ0v) is 15.6. The molecule has 7 heteroatoms. The Morgan fingerprint density at radius 1 is 1.33 bits per heavy atom. The molecule has 2 fully saturated rings. The molecule has 1 aromatic carbocycles. The molecular formula is C20H21ClN4O2. The number of H-pyrrole nitrogens is 1. The standard InChI is InChI=1S/C20H21ClN4O2/c21-14-3-4-16-13(9-22-17(16)7-14)10-25-6-5-15(11-25)23-20(26)18-8-19(27-24-18)12-1-2-12/h3-4,7-9,12,15,22H,1-2,5-6,10-11H2,(H,23,26). The molecule has 1 saturated carbocycles. The molecule has 1 aliphatic heterocycles. The molecule has 2 N–H and O–H groups in total. The molecular weight excluding hydrogens is 364 g/mol. The molecule has 2 aliphatic rings. The van der Waals surface area contributed by atoms with E-state index in [1.165, 1.54) is 10.9 Å². The van der Waals surface area contributed by atoms with Crippen molar-refractivity contribution in [3.05, 3.63) is 52.5 Å². The monoisotopic (exact) mass is 384 g/mol. The zero-order valence-electron chi connectivity index (χ0n) is 14.9. The lowest BCUT2D eigenvalue weighted by atomic mass is 10.1. The number of halogens is 1. The summed E-state index contributed by atoms with van der Waals surface area (Å²) in [4.78, 5) is 18.1.